The molecule has 1 N–H and O–H groups in total. The quantitative estimate of drug-likeness (QED) is 0.664. The van der Waals surface area contributed by atoms with Crippen LogP contribution in [0.1, 0.15) is 38.3 Å². The first kappa shape index (κ1) is 18.5. The molecule has 2 aromatic carbocycles. The normalized spacial score (nSPS) is 16.1. The zero-order chi connectivity index (χ0) is 20.3. The Morgan fingerprint density at radius 1 is 1.14 bits per heavy atom. The lowest BCUT2D eigenvalue weighted by atomic mass is 9.86. The first-order chi connectivity index (χ1) is 13.1. The lowest BCUT2D eigenvalue weighted by Crippen LogP contribution is -2.36. The Bertz CT molecular complexity index is 1060. The van der Waals surface area contributed by atoms with Gasteiger partial charge in [0, 0.05) is 12.1 Å². The van der Waals surface area contributed by atoms with Crippen molar-refractivity contribution in [2.45, 2.75) is 38.8 Å². The van der Waals surface area contributed by atoms with E-state index in [-0.39, 0.29) is 5.91 Å². The second-order valence-corrected chi connectivity index (χ2v) is 7.63. The Balaban J connectivity index is 1.78. The standard InChI is InChI=1S/C21H20F3N3O/c1-4-9-27-17-11-16-15(10-14(17)20(2,3)19(27)28)25-18(26-16)12-5-7-13(8-6-12)21(22,23)24/h5-8,10-11H,4,9H2,1-3H3,(H,25,26). The van der Waals surface area contributed by atoms with Crippen molar-refractivity contribution >= 4 is 22.6 Å². The minimum Gasteiger partial charge on any atom is -0.338 e. The Labute approximate surface area is 160 Å². The number of hydrogen-bond donors (Lipinski definition) is 1. The van der Waals surface area contributed by atoms with Gasteiger partial charge in [-0.2, -0.15) is 13.2 Å². The van der Waals surface area contributed by atoms with E-state index in [0.29, 0.717) is 23.4 Å². The molecule has 0 spiro atoms. The highest BCUT2D eigenvalue weighted by Crippen LogP contribution is 2.43. The summed E-state index contributed by atoms with van der Waals surface area (Å²) in [7, 11) is 0. The number of carbonyl (C=O) groups is 1. The van der Waals surface area contributed by atoms with Crippen LogP contribution >= 0.6 is 0 Å². The minimum absolute atomic E-state index is 0.0694. The van der Waals surface area contributed by atoms with Crippen LogP contribution in [0.25, 0.3) is 22.4 Å². The molecule has 0 atom stereocenters. The van der Waals surface area contributed by atoms with Gasteiger partial charge in [-0.3, -0.25) is 4.79 Å². The monoisotopic (exact) mass is 387 g/mol. The first-order valence-electron chi connectivity index (χ1n) is 9.16. The average Bonchev–Trinajstić information content (AvgIpc) is 3.13. The molecular weight excluding hydrogens is 367 g/mol. The number of nitrogens with zero attached hydrogens (tertiary/aromatic N) is 2. The van der Waals surface area contributed by atoms with E-state index >= 15 is 0 Å². The number of aromatic amines is 1. The maximum absolute atomic E-state index is 12.8. The number of benzene rings is 2. The predicted molar refractivity (Wildman–Crippen MR) is 102 cm³/mol. The van der Waals surface area contributed by atoms with Crippen LogP contribution in [0, 0.1) is 0 Å². The van der Waals surface area contributed by atoms with Crippen LogP contribution in [0.5, 0.6) is 0 Å². The largest absolute Gasteiger partial charge is 0.416 e. The third kappa shape index (κ3) is 2.77. The summed E-state index contributed by atoms with van der Waals surface area (Å²) in [5.41, 5.74) is 2.48. The predicted octanol–water partition coefficient (Wildman–Crippen LogP) is 5.28. The third-order valence-electron chi connectivity index (χ3n) is 5.28. The molecule has 1 aromatic heterocycles. The number of aromatic nitrogens is 2. The zero-order valence-electron chi connectivity index (χ0n) is 15.8. The van der Waals surface area contributed by atoms with E-state index in [1.54, 1.807) is 4.90 Å². The van der Waals surface area contributed by atoms with E-state index in [9.17, 15) is 18.0 Å². The number of fused-ring (bicyclic) bond motifs is 2. The highest BCUT2D eigenvalue weighted by atomic mass is 19.4. The van der Waals surface area contributed by atoms with E-state index in [1.807, 2.05) is 32.9 Å². The van der Waals surface area contributed by atoms with E-state index in [0.717, 1.165) is 35.3 Å². The van der Waals surface area contributed by atoms with Gasteiger partial charge in [0.2, 0.25) is 5.91 Å². The van der Waals surface area contributed by atoms with Crippen LogP contribution in [0.4, 0.5) is 18.9 Å². The molecule has 146 valence electrons. The number of anilines is 1. The number of hydrogen-bond acceptors (Lipinski definition) is 2. The molecule has 0 fully saturated rings. The van der Waals surface area contributed by atoms with Crippen LogP contribution in [0.3, 0.4) is 0 Å². The maximum Gasteiger partial charge on any atom is 0.416 e. The molecule has 0 aliphatic carbocycles. The second kappa shape index (κ2) is 6.09. The molecule has 28 heavy (non-hydrogen) atoms. The van der Waals surface area contributed by atoms with Crippen LogP contribution in [-0.4, -0.2) is 22.4 Å². The second-order valence-electron chi connectivity index (χ2n) is 7.63. The van der Waals surface area contributed by atoms with Crippen molar-refractivity contribution in [2.24, 2.45) is 0 Å². The minimum atomic E-state index is -4.37. The summed E-state index contributed by atoms with van der Waals surface area (Å²) in [6, 6.07) is 8.73. The number of alkyl halides is 3. The molecule has 0 saturated heterocycles. The van der Waals surface area contributed by atoms with Crippen molar-refractivity contribution in [3.63, 3.8) is 0 Å². The molecule has 7 heteroatoms. The molecule has 1 aliphatic rings. The molecule has 0 unspecified atom stereocenters. The molecule has 0 saturated carbocycles. The molecular formula is C21H20F3N3O. The lowest BCUT2D eigenvalue weighted by molar-refractivity contribution is -0.137. The van der Waals surface area contributed by atoms with Gasteiger partial charge in [-0.25, -0.2) is 4.98 Å². The fourth-order valence-electron chi connectivity index (χ4n) is 3.73. The molecule has 0 bridgehead atoms. The van der Waals surface area contributed by atoms with Crippen molar-refractivity contribution < 1.29 is 18.0 Å². The van der Waals surface area contributed by atoms with Gasteiger partial charge in [0.1, 0.15) is 5.82 Å². The highest BCUT2D eigenvalue weighted by molar-refractivity contribution is 6.09. The SMILES string of the molecule is CCCN1C(=O)C(C)(C)c2cc3[nH]c(-c4ccc(C(F)(F)F)cc4)nc3cc21. The molecule has 1 aliphatic heterocycles. The molecule has 2 heterocycles. The summed E-state index contributed by atoms with van der Waals surface area (Å²) in [6.07, 6.45) is -3.52. The summed E-state index contributed by atoms with van der Waals surface area (Å²) in [6.45, 7) is 6.47. The van der Waals surface area contributed by atoms with Gasteiger partial charge < -0.3 is 9.88 Å². The average molecular weight is 387 g/mol. The fraction of sp³-hybridized carbons (Fsp3) is 0.333. The lowest BCUT2D eigenvalue weighted by Gasteiger charge is -2.19. The zero-order valence-corrected chi connectivity index (χ0v) is 15.8. The van der Waals surface area contributed by atoms with Crippen LogP contribution in [0.15, 0.2) is 36.4 Å². The molecule has 0 radical (unpaired) electrons. The molecule has 1 amide bonds. The van der Waals surface area contributed by atoms with E-state index in [2.05, 4.69) is 9.97 Å². The summed E-state index contributed by atoms with van der Waals surface area (Å²) in [5, 5.41) is 0. The summed E-state index contributed by atoms with van der Waals surface area (Å²) < 4.78 is 38.3. The Morgan fingerprint density at radius 2 is 1.82 bits per heavy atom. The Hall–Kier alpha value is -2.83. The third-order valence-corrected chi connectivity index (χ3v) is 5.28. The summed E-state index contributed by atoms with van der Waals surface area (Å²) in [5.74, 6) is 0.568. The van der Waals surface area contributed by atoms with Crippen molar-refractivity contribution in [3.05, 3.63) is 47.5 Å². The Morgan fingerprint density at radius 3 is 2.43 bits per heavy atom. The van der Waals surface area contributed by atoms with E-state index in [4.69, 9.17) is 0 Å². The number of rotatable bonds is 3. The number of amides is 1. The fourth-order valence-corrected chi connectivity index (χ4v) is 3.73. The van der Waals surface area contributed by atoms with Crippen molar-refractivity contribution in [3.8, 4) is 11.4 Å². The number of imidazole rings is 1. The van der Waals surface area contributed by atoms with E-state index in [1.165, 1.54) is 12.1 Å². The van der Waals surface area contributed by atoms with Gasteiger partial charge in [0.15, 0.2) is 0 Å². The number of H-pyrrole nitrogens is 1. The highest BCUT2D eigenvalue weighted by Gasteiger charge is 2.43. The number of halogens is 3. The number of nitrogens with one attached hydrogen (secondary N) is 1. The van der Waals surface area contributed by atoms with Crippen LogP contribution < -0.4 is 4.90 Å². The van der Waals surface area contributed by atoms with Gasteiger partial charge in [-0.1, -0.05) is 19.1 Å². The Kier molecular flexibility index (Phi) is 4.03. The van der Waals surface area contributed by atoms with Crippen LogP contribution in [0.2, 0.25) is 0 Å². The number of carbonyl (C=O) groups excluding carboxylic acids is 1. The maximum atomic E-state index is 12.8. The van der Waals surface area contributed by atoms with Gasteiger partial charge in [-0.15, -0.1) is 0 Å². The van der Waals surface area contributed by atoms with Gasteiger partial charge >= 0.3 is 6.18 Å². The van der Waals surface area contributed by atoms with Gasteiger partial charge in [-0.05, 0) is 50.1 Å². The smallest absolute Gasteiger partial charge is 0.338 e. The van der Waals surface area contributed by atoms with Crippen molar-refractivity contribution in [1.82, 2.24) is 9.97 Å². The van der Waals surface area contributed by atoms with Crippen molar-refractivity contribution in [1.29, 1.82) is 0 Å². The van der Waals surface area contributed by atoms with Crippen LogP contribution in [-0.2, 0) is 16.4 Å². The molecule has 4 nitrogen and oxygen atoms in total. The topological polar surface area (TPSA) is 49.0 Å². The molecule has 3 aromatic rings. The summed E-state index contributed by atoms with van der Waals surface area (Å²) >= 11 is 0. The summed E-state index contributed by atoms with van der Waals surface area (Å²) in [4.78, 5) is 22.3. The van der Waals surface area contributed by atoms with Gasteiger partial charge in [0.05, 0.1) is 27.7 Å². The first-order valence-corrected chi connectivity index (χ1v) is 9.16. The van der Waals surface area contributed by atoms with Gasteiger partial charge in [0.25, 0.3) is 0 Å². The van der Waals surface area contributed by atoms with E-state index < -0.39 is 17.2 Å². The van der Waals surface area contributed by atoms with Crippen molar-refractivity contribution in [2.75, 3.05) is 11.4 Å². The molecule has 4 rings (SSSR count).